The molecule has 0 radical (unpaired) electrons. The van der Waals surface area contributed by atoms with Crippen LogP contribution in [0.25, 0.3) is 0 Å². The van der Waals surface area contributed by atoms with Gasteiger partial charge < -0.3 is 19.0 Å². The SMILES string of the molecule is COc1cc(OCc2ccccc2)ccc1[C@H](O)CO[Si](C)(C)C(C)(C)C. The highest BCUT2D eigenvalue weighted by Gasteiger charge is 2.37. The number of aliphatic hydroxyl groups is 1. The first-order chi connectivity index (χ1) is 12.6. The Hall–Kier alpha value is -1.82. The Bertz CT molecular complexity index is 723. The van der Waals surface area contributed by atoms with Crippen LogP contribution < -0.4 is 9.47 Å². The van der Waals surface area contributed by atoms with Crippen LogP contribution in [0.1, 0.15) is 38.0 Å². The summed E-state index contributed by atoms with van der Waals surface area (Å²) in [5.41, 5.74) is 1.81. The van der Waals surface area contributed by atoms with Crippen molar-refractivity contribution < 1.29 is 19.0 Å². The summed E-state index contributed by atoms with van der Waals surface area (Å²) in [4.78, 5) is 0. The normalized spacial score (nSPS) is 13.3. The van der Waals surface area contributed by atoms with Gasteiger partial charge in [-0.05, 0) is 35.8 Å². The Morgan fingerprint density at radius 1 is 1.04 bits per heavy atom. The molecule has 2 aromatic rings. The second kappa shape index (κ2) is 8.91. The molecule has 1 N–H and O–H groups in total. The monoisotopic (exact) mass is 388 g/mol. The van der Waals surface area contributed by atoms with Crippen LogP contribution in [0.5, 0.6) is 11.5 Å². The third-order valence-electron chi connectivity index (χ3n) is 5.22. The Morgan fingerprint density at radius 2 is 1.70 bits per heavy atom. The van der Waals surface area contributed by atoms with E-state index in [1.807, 2.05) is 48.5 Å². The molecule has 2 aromatic carbocycles. The Kier molecular flexibility index (Phi) is 7.09. The van der Waals surface area contributed by atoms with Gasteiger partial charge in [0.15, 0.2) is 8.32 Å². The van der Waals surface area contributed by atoms with Gasteiger partial charge in [0.1, 0.15) is 24.2 Å². The van der Waals surface area contributed by atoms with Gasteiger partial charge >= 0.3 is 0 Å². The van der Waals surface area contributed by atoms with E-state index in [2.05, 4.69) is 33.9 Å². The summed E-state index contributed by atoms with van der Waals surface area (Å²) >= 11 is 0. The fraction of sp³-hybridized carbons (Fsp3) is 0.455. The molecule has 0 saturated carbocycles. The molecule has 0 saturated heterocycles. The molecule has 0 spiro atoms. The molecule has 0 heterocycles. The highest BCUT2D eigenvalue weighted by Crippen LogP contribution is 2.38. The molecular weight excluding hydrogens is 356 g/mol. The van der Waals surface area contributed by atoms with Crippen molar-refractivity contribution in [2.45, 2.75) is 51.6 Å². The molecular formula is C22H32O4Si. The number of hydrogen-bond donors (Lipinski definition) is 1. The van der Waals surface area contributed by atoms with Gasteiger partial charge in [0.05, 0.1) is 13.7 Å². The van der Waals surface area contributed by atoms with Crippen molar-refractivity contribution in [2.75, 3.05) is 13.7 Å². The lowest BCUT2D eigenvalue weighted by atomic mass is 10.1. The molecule has 2 rings (SSSR count). The zero-order valence-corrected chi connectivity index (χ0v) is 18.3. The summed E-state index contributed by atoms with van der Waals surface area (Å²) in [6.07, 6.45) is -0.739. The van der Waals surface area contributed by atoms with Gasteiger partial charge in [0, 0.05) is 11.6 Å². The first-order valence-corrected chi connectivity index (χ1v) is 12.2. The van der Waals surface area contributed by atoms with Crippen molar-refractivity contribution in [1.29, 1.82) is 0 Å². The summed E-state index contributed by atoms with van der Waals surface area (Å²) in [7, 11) is -0.316. The van der Waals surface area contributed by atoms with Gasteiger partial charge in [-0.1, -0.05) is 51.1 Å². The molecule has 0 fully saturated rings. The van der Waals surface area contributed by atoms with E-state index in [0.717, 1.165) is 5.56 Å². The van der Waals surface area contributed by atoms with Crippen LogP contribution in [0.3, 0.4) is 0 Å². The maximum Gasteiger partial charge on any atom is 0.192 e. The predicted molar refractivity (Wildman–Crippen MR) is 112 cm³/mol. The molecule has 148 valence electrons. The van der Waals surface area contributed by atoms with Gasteiger partial charge in [-0.3, -0.25) is 0 Å². The van der Waals surface area contributed by atoms with Gasteiger partial charge in [-0.15, -0.1) is 0 Å². The zero-order chi connectivity index (χ0) is 20.1. The molecule has 0 aliphatic carbocycles. The number of hydrogen-bond acceptors (Lipinski definition) is 4. The van der Waals surface area contributed by atoms with E-state index in [4.69, 9.17) is 13.9 Å². The fourth-order valence-electron chi connectivity index (χ4n) is 2.39. The van der Waals surface area contributed by atoms with Crippen LogP contribution in [0.4, 0.5) is 0 Å². The lowest BCUT2D eigenvalue weighted by Crippen LogP contribution is -2.41. The van der Waals surface area contributed by atoms with Crippen LogP contribution >= 0.6 is 0 Å². The zero-order valence-electron chi connectivity index (χ0n) is 17.3. The van der Waals surface area contributed by atoms with E-state index in [-0.39, 0.29) is 11.6 Å². The van der Waals surface area contributed by atoms with Crippen molar-refractivity contribution in [2.24, 2.45) is 0 Å². The molecule has 4 nitrogen and oxygen atoms in total. The third kappa shape index (κ3) is 5.83. The molecule has 0 aliphatic rings. The van der Waals surface area contributed by atoms with Gasteiger partial charge in [0.25, 0.3) is 0 Å². The van der Waals surface area contributed by atoms with Crippen LogP contribution in [0.2, 0.25) is 18.1 Å². The van der Waals surface area contributed by atoms with E-state index in [1.54, 1.807) is 7.11 Å². The van der Waals surface area contributed by atoms with Gasteiger partial charge in [-0.25, -0.2) is 0 Å². The van der Waals surface area contributed by atoms with E-state index in [9.17, 15) is 5.11 Å². The van der Waals surface area contributed by atoms with E-state index in [1.165, 1.54) is 0 Å². The van der Waals surface area contributed by atoms with Crippen molar-refractivity contribution in [3.8, 4) is 11.5 Å². The number of rotatable bonds is 8. The molecule has 27 heavy (non-hydrogen) atoms. The molecule has 0 aromatic heterocycles. The van der Waals surface area contributed by atoms with Crippen LogP contribution in [0, 0.1) is 0 Å². The number of aliphatic hydroxyl groups excluding tert-OH is 1. The minimum Gasteiger partial charge on any atom is -0.496 e. The van der Waals surface area contributed by atoms with E-state index < -0.39 is 14.4 Å². The third-order valence-corrected chi connectivity index (χ3v) is 9.72. The number of benzene rings is 2. The first kappa shape index (κ1) is 21.5. The van der Waals surface area contributed by atoms with Crippen LogP contribution in [-0.4, -0.2) is 27.1 Å². The fourth-order valence-corrected chi connectivity index (χ4v) is 3.40. The van der Waals surface area contributed by atoms with Gasteiger partial charge in [-0.2, -0.15) is 0 Å². The smallest absolute Gasteiger partial charge is 0.192 e. The highest BCUT2D eigenvalue weighted by atomic mass is 28.4. The lowest BCUT2D eigenvalue weighted by Gasteiger charge is -2.36. The molecule has 0 amide bonds. The van der Waals surface area contributed by atoms with Gasteiger partial charge in [0.2, 0.25) is 0 Å². The summed E-state index contributed by atoms with van der Waals surface area (Å²) in [5, 5.41) is 10.7. The Balaban J connectivity index is 2.04. The first-order valence-electron chi connectivity index (χ1n) is 9.31. The van der Waals surface area contributed by atoms with Crippen molar-refractivity contribution in [1.82, 2.24) is 0 Å². The number of ether oxygens (including phenoxy) is 2. The van der Waals surface area contributed by atoms with Crippen LogP contribution in [-0.2, 0) is 11.0 Å². The minimum atomic E-state index is -1.91. The maximum atomic E-state index is 10.6. The minimum absolute atomic E-state index is 0.103. The van der Waals surface area contributed by atoms with E-state index in [0.29, 0.717) is 23.7 Å². The van der Waals surface area contributed by atoms with Crippen molar-refractivity contribution >= 4 is 8.32 Å². The number of methoxy groups -OCH3 is 1. The average Bonchev–Trinajstić information content (AvgIpc) is 2.64. The average molecular weight is 389 g/mol. The second-order valence-corrected chi connectivity index (χ2v) is 13.1. The summed E-state index contributed by atoms with van der Waals surface area (Å²) in [6.45, 7) is 11.7. The molecule has 0 bridgehead atoms. The largest absolute Gasteiger partial charge is 0.496 e. The molecule has 1 atom stereocenters. The highest BCUT2D eigenvalue weighted by molar-refractivity contribution is 6.74. The predicted octanol–water partition coefficient (Wildman–Crippen LogP) is 5.33. The maximum absolute atomic E-state index is 10.6. The second-order valence-electron chi connectivity index (χ2n) is 8.27. The Morgan fingerprint density at radius 3 is 2.30 bits per heavy atom. The summed E-state index contributed by atoms with van der Waals surface area (Å²) in [6, 6.07) is 15.5. The summed E-state index contributed by atoms with van der Waals surface area (Å²) in [5.74, 6) is 1.31. The Labute approximate surface area is 164 Å². The quantitative estimate of drug-likeness (QED) is 0.621. The van der Waals surface area contributed by atoms with Crippen LogP contribution in [0.15, 0.2) is 48.5 Å². The topological polar surface area (TPSA) is 47.9 Å². The van der Waals surface area contributed by atoms with Crippen molar-refractivity contribution in [3.63, 3.8) is 0 Å². The molecule has 0 unspecified atom stereocenters. The standard InChI is InChI=1S/C22H32O4Si/c1-22(2,3)27(5,6)26-16-20(23)19-13-12-18(14-21(19)24-4)25-15-17-10-8-7-9-11-17/h7-14,20,23H,15-16H2,1-6H3/t20-/m1/s1. The lowest BCUT2D eigenvalue weighted by molar-refractivity contribution is 0.0979. The molecule has 5 heteroatoms. The van der Waals surface area contributed by atoms with Crippen molar-refractivity contribution in [3.05, 3.63) is 59.7 Å². The molecule has 0 aliphatic heterocycles. The van der Waals surface area contributed by atoms with E-state index >= 15 is 0 Å². The summed E-state index contributed by atoms with van der Waals surface area (Å²) < 4.78 is 17.5.